The first-order chi connectivity index (χ1) is 13.9. The third-order valence-corrected chi connectivity index (χ3v) is 4.78. The Bertz CT molecular complexity index is 836. The number of aromatic nitrogens is 2. The number of esters is 1. The van der Waals surface area contributed by atoms with Gasteiger partial charge in [0.15, 0.2) is 0 Å². The number of aliphatic hydroxyl groups is 1. The zero-order valence-electron chi connectivity index (χ0n) is 17.2. The van der Waals surface area contributed by atoms with Gasteiger partial charge in [-0.2, -0.15) is 4.98 Å². The van der Waals surface area contributed by atoms with Crippen molar-refractivity contribution in [2.24, 2.45) is 0 Å². The fraction of sp³-hybridized carbons (Fsp3) is 0.476. The lowest BCUT2D eigenvalue weighted by molar-refractivity contribution is -0.139. The van der Waals surface area contributed by atoms with E-state index in [2.05, 4.69) is 26.9 Å². The molecule has 2 aromatic rings. The first-order valence-corrected chi connectivity index (χ1v) is 9.75. The fourth-order valence-corrected chi connectivity index (χ4v) is 3.23. The van der Waals surface area contributed by atoms with Crippen molar-refractivity contribution in [1.82, 2.24) is 9.97 Å². The molecular formula is C21H30N4O4. The summed E-state index contributed by atoms with van der Waals surface area (Å²) in [5.41, 5.74) is 8.76. The van der Waals surface area contributed by atoms with Crippen LogP contribution in [0.5, 0.6) is 5.75 Å². The van der Waals surface area contributed by atoms with E-state index in [0.717, 1.165) is 24.1 Å². The van der Waals surface area contributed by atoms with Crippen LogP contribution in [0, 0.1) is 6.92 Å². The highest BCUT2D eigenvalue weighted by Gasteiger charge is 2.17. The number of nitrogens with zero attached hydrogens (tertiary/aromatic N) is 2. The highest BCUT2D eigenvalue weighted by Crippen LogP contribution is 2.28. The maximum atomic E-state index is 11.4. The van der Waals surface area contributed by atoms with Gasteiger partial charge in [-0.25, -0.2) is 4.98 Å². The molecule has 1 aromatic carbocycles. The van der Waals surface area contributed by atoms with E-state index in [-0.39, 0.29) is 36.7 Å². The second kappa shape index (κ2) is 10.6. The lowest BCUT2D eigenvalue weighted by Gasteiger charge is -2.21. The Hall–Kier alpha value is -2.87. The molecule has 0 fully saturated rings. The monoisotopic (exact) mass is 402 g/mol. The normalized spacial score (nSPS) is 11.9. The summed E-state index contributed by atoms with van der Waals surface area (Å²) in [6.07, 6.45) is 2.95. The molecule has 0 amide bonds. The largest absolute Gasteiger partial charge is 0.508 e. The van der Waals surface area contributed by atoms with E-state index in [4.69, 9.17) is 5.73 Å². The van der Waals surface area contributed by atoms with Gasteiger partial charge in [-0.15, -0.1) is 0 Å². The van der Waals surface area contributed by atoms with E-state index in [9.17, 15) is 15.0 Å². The molecule has 0 aliphatic carbocycles. The first-order valence-electron chi connectivity index (χ1n) is 9.75. The number of benzene rings is 1. The van der Waals surface area contributed by atoms with Crippen LogP contribution in [0.25, 0.3) is 0 Å². The summed E-state index contributed by atoms with van der Waals surface area (Å²) in [5.74, 6) is 0.511. The smallest absolute Gasteiger partial charge is 0.309 e. The Balaban J connectivity index is 2.31. The molecule has 0 radical (unpaired) electrons. The fourth-order valence-electron chi connectivity index (χ4n) is 3.23. The molecule has 1 unspecified atom stereocenters. The predicted molar refractivity (Wildman–Crippen MR) is 112 cm³/mol. The topological polar surface area (TPSA) is 131 Å². The van der Waals surface area contributed by atoms with Crippen molar-refractivity contribution in [3.8, 4) is 5.75 Å². The number of nitrogen functional groups attached to an aromatic ring is 1. The van der Waals surface area contributed by atoms with Gasteiger partial charge >= 0.3 is 5.97 Å². The molecule has 5 N–H and O–H groups in total. The van der Waals surface area contributed by atoms with Crippen LogP contribution in [-0.4, -0.2) is 45.9 Å². The number of carbonyl (C=O) groups is 1. The molecule has 1 atom stereocenters. The number of ether oxygens (including phenoxy) is 1. The van der Waals surface area contributed by atoms with Crippen LogP contribution < -0.4 is 11.1 Å². The predicted octanol–water partition coefficient (Wildman–Crippen LogP) is 2.34. The van der Waals surface area contributed by atoms with Crippen LogP contribution in [0.4, 0.5) is 11.8 Å². The highest BCUT2D eigenvalue weighted by molar-refractivity contribution is 5.72. The number of carbonyl (C=O) groups excluding carboxylic acids is 1. The van der Waals surface area contributed by atoms with Gasteiger partial charge in [-0.05, 0) is 37.0 Å². The number of aromatic hydroxyl groups is 1. The van der Waals surface area contributed by atoms with E-state index in [1.54, 1.807) is 18.2 Å². The Morgan fingerprint density at radius 1 is 1.31 bits per heavy atom. The summed E-state index contributed by atoms with van der Waals surface area (Å²) in [4.78, 5) is 20.1. The molecule has 1 heterocycles. The van der Waals surface area contributed by atoms with Crippen LogP contribution in [-0.2, 0) is 22.4 Å². The van der Waals surface area contributed by atoms with Crippen molar-refractivity contribution in [3.63, 3.8) is 0 Å². The molecule has 0 bridgehead atoms. The molecule has 0 spiro atoms. The van der Waals surface area contributed by atoms with Crippen molar-refractivity contribution in [1.29, 1.82) is 0 Å². The second-order valence-electron chi connectivity index (χ2n) is 7.03. The van der Waals surface area contributed by atoms with Crippen molar-refractivity contribution >= 4 is 17.7 Å². The number of phenols is 1. The summed E-state index contributed by atoms with van der Waals surface area (Å²) < 4.78 is 4.66. The van der Waals surface area contributed by atoms with Crippen LogP contribution in [0.2, 0.25) is 0 Å². The third kappa shape index (κ3) is 6.32. The number of hydrogen-bond acceptors (Lipinski definition) is 8. The van der Waals surface area contributed by atoms with Gasteiger partial charge in [-0.3, -0.25) is 4.79 Å². The van der Waals surface area contributed by atoms with Crippen molar-refractivity contribution in [2.75, 3.05) is 24.8 Å². The van der Waals surface area contributed by atoms with Crippen LogP contribution in [0.1, 0.15) is 48.6 Å². The minimum absolute atomic E-state index is 0.0634. The molecule has 2 rings (SSSR count). The number of rotatable bonds is 10. The molecular weight excluding hydrogens is 372 g/mol. The average Bonchev–Trinajstić information content (AvgIpc) is 2.66. The van der Waals surface area contributed by atoms with E-state index < -0.39 is 0 Å². The van der Waals surface area contributed by atoms with E-state index in [0.29, 0.717) is 29.8 Å². The lowest BCUT2D eigenvalue weighted by Crippen LogP contribution is -2.23. The molecule has 158 valence electrons. The Kier molecular flexibility index (Phi) is 8.21. The molecule has 0 saturated heterocycles. The van der Waals surface area contributed by atoms with E-state index in [1.165, 1.54) is 7.11 Å². The van der Waals surface area contributed by atoms with Crippen molar-refractivity contribution in [2.45, 2.75) is 52.0 Å². The first kappa shape index (κ1) is 22.4. The van der Waals surface area contributed by atoms with Gasteiger partial charge in [-0.1, -0.05) is 25.5 Å². The SMILES string of the molecule is CCCC(CCO)Nc1nc(N)nc(C)c1Cc1ccc(CC(=O)OC)cc1O. The molecule has 0 saturated carbocycles. The summed E-state index contributed by atoms with van der Waals surface area (Å²) in [6, 6.07) is 5.20. The molecule has 0 aliphatic heterocycles. The lowest BCUT2D eigenvalue weighted by atomic mass is 10.00. The zero-order valence-corrected chi connectivity index (χ0v) is 17.2. The minimum Gasteiger partial charge on any atom is -0.508 e. The molecule has 8 heteroatoms. The second-order valence-corrected chi connectivity index (χ2v) is 7.03. The zero-order chi connectivity index (χ0) is 21.4. The number of phenolic OH excluding ortho intramolecular Hbond substituents is 1. The van der Waals surface area contributed by atoms with Crippen LogP contribution in [0.15, 0.2) is 18.2 Å². The average molecular weight is 402 g/mol. The Morgan fingerprint density at radius 2 is 2.07 bits per heavy atom. The number of methoxy groups -OCH3 is 1. The van der Waals surface area contributed by atoms with E-state index in [1.807, 2.05) is 6.92 Å². The number of anilines is 2. The van der Waals surface area contributed by atoms with Gasteiger partial charge in [0.25, 0.3) is 0 Å². The summed E-state index contributed by atoms with van der Waals surface area (Å²) in [6.45, 7) is 4.01. The summed E-state index contributed by atoms with van der Waals surface area (Å²) >= 11 is 0. The number of aryl methyl sites for hydroxylation is 1. The van der Waals surface area contributed by atoms with E-state index >= 15 is 0 Å². The Morgan fingerprint density at radius 3 is 2.69 bits per heavy atom. The third-order valence-electron chi connectivity index (χ3n) is 4.78. The van der Waals surface area contributed by atoms with Gasteiger partial charge < -0.3 is 26.0 Å². The molecule has 0 aliphatic rings. The molecule has 1 aromatic heterocycles. The van der Waals surface area contributed by atoms with Crippen LogP contribution >= 0.6 is 0 Å². The van der Waals surface area contributed by atoms with Gasteiger partial charge in [0.05, 0.1) is 13.5 Å². The van der Waals surface area contributed by atoms with Gasteiger partial charge in [0.1, 0.15) is 11.6 Å². The van der Waals surface area contributed by atoms with Gasteiger partial charge in [0.2, 0.25) is 5.95 Å². The van der Waals surface area contributed by atoms with Crippen molar-refractivity contribution < 1.29 is 19.7 Å². The van der Waals surface area contributed by atoms with Crippen molar-refractivity contribution in [3.05, 3.63) is 40.6 Å². The Labute approximate surface area is 171 Å². The number of nitrogens with one attached hydrogen (secondary N) is 1. The number of hydrogen-bond donors (Lipinski definition) is 4. The maximum Gasteiger partial charge on any atom is 0.309 e. The highest BCUT2D eigenvalue weighted by atomic mass is 16.5. The van der Waals surface area contributed by atoms with Crippen LogP contribution in [0.3, 0.4) is 0 Å². The minimum atomic E-state index is -0.364. The quantitative estimate of drug-likeness (QED) is 0.446. The molecule has 29 heavy (non-hydrogen) atoms. The summed E-state index contributed by atoms with van der Waals surface area (Å²) in [5, 5.41) is 23.2. The maximum absolute atomic E-state index is 11.4. The number of aliphatic hydroxyl groups excluding tert-OH is 1. The molecule has 8 nitrogen and oxygen atoms in total. The standard InChI is InChI=1S/C21H30N4O4/c1-4-5-16(8-9-26)24-20-17(13(2)23-21(22)25-20)12-15-7-6-14(10-18(15)27)11-19(28)29-3/h6-7,10,16,26-27H,4-5,8-9,11-12H2,1-3H3,(H3,22,23,24,25). The number of nitrogens with two attached hydrogens (primary N) is 1. The summed E-state index contributed by atoms with van der Waals surface area (Å²) in [7, 11) is 1.33. The van der Waals surface area contributed by atoms with Gasteiger partial charge in [0, 0.05) is 30.3 Å².